The molecule has 0 spiro atoms. The van der Waals surface area contributed by atoms with E-state index in [1.165, 1.54) is 6.07 Å². The third kappa shape index (κ3) is 2.01. The molecule has 0 aromatic heterocycles. The third-order valence-electron chi connectivity index (χ3n) is 4.02. The lowest BCUT2D eigenvalue weighted by atomic mass is 9.83. The molecule has 2 fully saturated rings. The molecule has 2 saturated heterocycles. The van der Waals surface area contributed by atoms with Gasteiger partial charge in [-0.2, -0.15) is 5.26 Å². The predicted octanol–water partition coefficient (Wildman–Crippen LogP) is 2.37. The molecule has 0 saturated carbocycles. The minimum Gasteiger partial charge on any atom is -0.385 e. The first-order valence-corrected chi connectivity index (χ1v) is 6.29. The zero-order valence-electron chi connectivity index (χ0n) is 10.2. The molecule has 1 N–H and O–H groups in total. The molecule has 0 radical (unpaired) electrons. The molecule has 100 valence electrons. The fourth-order valence-corrected chi connectivity index (χ4v) is 3.10. The molecule has 5 heteroatoms. The maximum atomic E-state index is 13.6. The number of benzene rings is 1. The van der Waals surface area contributed by atoms with Crippen LogP contribution >= 0.6 is 0 Å². The molecule has 0 aliphatic carbocycles. The fraction of sp³-hybridized carbons (Fsp3) is 0.500. The molecule has 19 heavy (non-hydrogen) atoms. The van der Waals surface area contributed by atoms with Gasteiger partial charge in [0.25, 0.3) is 0 Å². The van der Waals surface area contributed by atoms with Crippen LogP contribution in [0.25, 0.3) is 0 Å². The van der Waals surface area contributed by atoms with Crippen molar-refractivity contribution in [2.75, 3.05) is 0 Å². The summed E-state index contributed by atoms with van der Waals surface area (Å²) in [6, 6.07) is 3.60. The van der Waals surface area contributed by atoms with Gasteiger partial charge < -0.3 is 9.84 Å². The van der Waals surface area contributed by atoms with Gasteiger partial charge in [-0.05, 0) is 30.5 Å². The molecule has 3 nitrogen and oxygen atoms in total. The summed E-state index contributed by atoms with van der Waals surface area (Å²) in [5.74, 6) is -1.85. The van der Waals surface area contributed by atoms with E-state index in [-0.39, 0.29) is 17.8 Å². The van der Waals surface area contributed by atoms with Crippen molar-refractivity contribution in [3.05, 3.63) is 34.9 Å². The van der Waals surface area contributed by atoms with Crippen molar-refractivity contribution in [2.24, 2.45) is 0 Å². The molecule has 1 aromatic rings. The summed E-state index contributed by atoms with van der Waals surface area (Å²) in [7, 11) is 0. The van der Waals surface area contributed by atoms with E-state index in [1.54, 1.807) is 0 Å². The van der Waals surface area contributed by atoms with E-state index in [2.05, 4.69) is 0 Å². The van der Waals surface area contributed by atoms with Crippen LogP contribution in [0, 0.1) is 23.0 Å². The van der Waals surface area contributed by atoms with Crippen molar-refractivity contribution >= 4 is 0 Å². The summed E-state index contributed by atoms with van der Waals surface area (Å²) in [6.07, 6.45) is 2.32. The van der Waals surface area contributed by atoms with E-state index < -0.39 is 22.8 Å². The molecule has 2 aliphatic heterocycles. The highest BCUT2D eigenvalue weighted by molar-refractivity contribution is 5.37. The summed E-state index contributed by atoms with van der Waals surface area (Å²) < 4.78 is 32.9. The predicted molar refractivity (Wildman–Crippen MR) is 62.1 cm³/mol. The smallest absolute Gasteiger partial charge is 0.144 e. The number of ether oxygens (including phenoxy) is 1. The van der Waals surface area contributed by atoms with E-state index in [4.69, 9.17) is 10.00 Å². The number of nitrogens with zero attached hydrogens (tertiary/aromatic N) is 1. The van der Waals surface area contributed by atoms with Gasteiger partial charge in [-0.25, -0.2) is 8.78 Å². The quantitative estimate of drug-likeness (QED) is 0.848. The first-order valence-electron chi connectivity index (χ1n) is 6.29. The van der Waals surface area contributed by atoms with Gasteiger partial charge >= 0.3 is 0 Å². The van der Waals surface area contributed by atoms with Crippen LogP contribution in [-0.2, 0) is 10.3 Å². The summed E-state index contributed by atoms with van der Waals surface area (Å²) in [6.45, 7) is 0. The molecule has 3 rings (SSSR count). The van der Waals surface area contributed by atoms with Gasteiger partial charge in [-0.1, -0.05) is 0 Å². The van der Waals surface area contributed by atoms with Crippen molar-refractivity contribution in [3.63, 3.8) is 0 Å². The number of hydrogen-bond donors (Lipinski definition) is 1. The molecule has 2 atom stereocenters. The molecular weight excluding hydrogens is 252 g/mol. The summed E-state index contributed by atoms with van der Waals surface area (Å²) in [5, 5.41) is 19.3. The Kier molecular flexibility index (Phi) is 2.80. The number of aliphatic hydroxyl groups is 1. The van der Waals surface area contributed by atoms with Crippen molar-refractivity contribution in [2.45, 2.75) is 43.5 Å². The molecule has 1 aromatic carbocycles. The largest absolute Gasteiger partial charge is 0.385 e. The number of halogens is 2. The average molecular weight is 265 g/mol. The summed E-state index contributed by atoms with van der Waals surface area (Å²) in [5.41, 5.74) is -1.68. The van der Waals surface area contributed by atoms with Gasteiger partial charge in [0.1, 0.15) is 23.3 Å². The van der Waals surface area contributed by atoms with E-state index in [1.807, 2.05) is 0 Å². The Balaban J connectivity index is 2.00. The second kappa shape index (κ2) is 4.26. The lowest BCUT2D eigenvalue weighted by Crippen LogP contribution is -2.38. The van der Waals surface area contributed by atoms with E-state index in [9.17, 15) is 13.9 Å². The van der Waals surface area contributed by atoms with Crippen LogP contribution in [0.3, 0.4) is 0 Å². The normalized spacial score (nSPS) is 33.2. The Morgan fingerprint density at radius 2 is 1.74 bits per heavy atom. The summed E-state index contributed by atoms with van der Waals surface area (Å²) >= 11 is 0. The highest BCUT2D eigenvalue weighted by Crippen LogP contribution is 2.44. The lowest BCUT2D eigenvalue weighted by molar-refractivity contribution is -0.115. The third-order valence-corrected chi connectivity index (χ3v) is 4.02. The minimum absolute atomic E-state index is 0.0504. The van der Waals surface area contributed by atoms with Crippen LogP contribution in [0.1, 0.15) is 36.8 Å². The van der Waals surface area contributed by atoms with Crippen molar-refractivity contribution in [1.29, 1.82) is 5.26 Å². The summed E-state index contributed by atoms with van der Waals surface area (Å²) in [4.78, 5) is 0. The molecular formula is C14H13F2NO2. The van der Waals surface area contributed by atoms with E-state index in [0.717, 1.165) is 25.0 Å². The van der Waals surface area contributed by atoms with Crippen LogP contribution in [0.2, 0.25) is 0 Å². The molecule has 2 unspecified atom stereocenters. The lowest BCUT2D eigenvalue weighted by Gasteiger charge is -2.36. The first-order chi connectivity index (χ1) is 9.01. The maximum Gasteiger partial charge on any atom is 0.144 e. The van der Waals surface area contributed by atoms with E-state index in [0.29, 0.717) is 12.8 Å². The topological polar surface area (TPSA) is 53.2 Å². The van der Waals surface area contributed by atoms with Crippen LogP contribution in [0.4, 0.5) is 8.78 Å². The van der Waals surface area contributed by atoms with Crippen LogP contribution < -0.4 is 0 Å². The standard InChI is InChI=1S/C14H13F2NO2/c15-12-3-8(4-13(16)11(12)7-17)14(18)5-9-1-2-10(6-14)19-9/h3-4,9-10,18H,1-2,5-6H2. The molecule has 0 amide bonds. The average Bonchev–Trinajstić information content (AvgIpc) is 2.69. The number of hydrogen-bond acceptors (Lipinski definition) is 3. The second-order valence-electron chi connectivity index (χ2n) is 5.32. The zero-order chi connectivity index (χ0) is 13.6. The highest BCUT2D eigenvalue weighted by Gasteiger charge is 2.45. The van der Waals surface area contributed by atoms with Gasteiger partial charge in [0.15, 0.2) is 0 Å². The minimum atomic E-state index is -1.26. The highest BCUT2D eigenvalue weighted by atomic mass is 19.1. The molecule has 2 bridgehead atoms. The first kappa shape index (κ1) is 12.5. The SMILES string of the molecule is N#Cc1c(F)cc(C2(O)CC3CCC(C2)O3)cc1F. The Morgan fingerprint density at radius 1 is 1.21 bits per heavy atom. The molecule has 2 aliphatic rings. The Morgan fingerprint density at radius 3 is 2.21 bits per heavy atom. The van der Waals surface area contributed by atoms with Crippen LogP contribution in [-0.4, -0.2) is 17.3 Å². The maximum absolute atomic E-state index is 13.6. The Bertz CT molecular complexity index is 532. The second-order valence-corrected chi connectivity index (χ2v) is 5.32. The fourth-order valence-electron chi connectivity index (χ4n) is 3.10. The zero-order valence-corrected chi connectivity index (χ0v) is 10.2. The molecule has 2 heterocycles. The van der Waals surface area contributed by atoms with Crippen molar-refractivity contribution < 1.29 is 18.6 Å². The number of nitriles is 1. The monoisotopic (exact) mass is 265 g/mol. The number of rotatable bonds is 1. The van der Waals surface area contributed by atoms with Gasteiger partial charge in [-0.3, -0.25) is 0 Å². The van der Waals surface area contributed by atoms with Crippen LogP contribution in [0.15, 0.2) is 12.1 Å². The Labute approximate surface area is 109 Å². The van der Waals surface area contributed by atoms with Crippen molar-refractivity contribution in [1.82, 2.24) is 0 Å². The Hall–Kier alpha value is -1.51. The van der Waals surface area contributed by atoms with Crippen molar-refractivity contribution in [3.8, 4) is 6.07 Å². The van der Waals surface area contributed by atoms with Gasteiger partial charge in [0, 0.05) is 12.8 Å². The van der Waals surface area contributed by atoms with Gasteiger partial charge in [-0.15, -0.1) is 0 Å². The van der Waals surface area contributed by atoms with Gasteiger partial charge in [0.2, 0.25) is 0 Å². The van der Waals surface area contributed by atoms with Crippen LogP contribution in [0.5, 0.6) is 0 Å². The number of fused-ring (bicyclic) bond motifs is 2. The van der Waals surface area contributed by atoms with E-state index >= 15 is 0 Å². The van der Waals surface area contributed by atoms with Gasteiger partial charge in [0.05, 0.1) is 17.8 Å².